The van der Waals surface area contributed by atoms with Crippen LogP contribution in [0.2, 0.25) is 0 Å². The van der Waals surface area contributed by atoms with Gasteiger partial charge in [0.25, 0.3) is 5.91 Å². The molecular formula is C14H13N3O4. The van der Waals surface area contributed by atoms with E-state index in [2.05, 4.69) is 10.3 Å². The highest BCUT2D eigenvalue weighted by atomic mass is 16.6. The van der Waals surface area contributed by atoms with E-state index in [0.717, 1.165) is 5.56 Å². The van der Waals surface area contributed by atoms with Crippen molar-refractivity contribution in [1.82, 2.24) is 4.98 Å². The topological polar surface area (TPSA) is 94.4 Å². The molecule has 0 saturated carbocycles. The van der Waals surface area contributed by atoms with Crippen molar-refractivity contribution < 1.29 is 14.5 Å². The fourth-order valence-corrected chi connectivity index (χ4v) is 1.67. The first kappa shape index (κ1) is 14.4. The van der Waals surface area contributed by atoms with E-state index < -0.39 is 16.6 Å². The zero-order valence-corrected chi connectivity index (χ0v) is 11.3. The van der Waals surface area contributed by atoms with Crippen LogP contribution in [-0.2, 0) is 4.79 Å². The minimum absolute atomic E-state index is 0.0394. The molecule has 1 N–H and O–H groups in total. The van der Waals surface area contributed by atoms with Crippen molar-refractivity contribution in [2.75, 3.05) is 11.9 Å². The Morgan fingerprint density at radius 1 is 1.33 bits per heavy atom. The second-order valence-corrected chi connectivity index (χ2v) is 4.23. The van der Waals surface area contributed by atoms with Crippen molar-refractivity contribution >= 4 is 17.4 Å². The number of hydrogen-bond acceptors (Lipinski definition) is 5. The van der Waals surface area contributed by atoms with Crippen molar-refractivity contribution in [1.29, 1.82) is 0 Å². The van der Waals surface area contributed by atoms with Crippen LogP contribution in [0.3, 0.4) is 0 Å². The maximum absolute atomic E-state index is 11.8. The summed E-state index contributed by atoms with van der Waals surface area (Å²) in [7, 11) is 0. The molecule has 0 aliphatic heterocycles. The standard InChI is InChI=1S/C14H13N3O4/c1-10-5-2-3-6-11(10)16-13(18)9-21-12-7-4-8-15-14(12)17(19)20/h2-8H,9H2,1H3,(H,16,18). The Morgan fingerprint density at radius 3 is 2.81 bits per heavy atom. The van der Waals surface area contributed by atoms with Crippen LogP contribution in [-0.4, -0.2) is 22.4 Å². The Morgan fingerprint density at radius 2 is 2.10 bits per heavy atom. The lowest BCUT2D eigenvalue weighted by Gasteiger charge is -2.09. The van der Waals surface area contributed by atoms with Gasteiger partial charge in [0, 0.05) is 5.69 Å². The van der Waals surface area contributed by atoms with Gasteiger partial charge in [0.2, 0.25) is 5.75 Å². The van der Waals surface area contributed by atoms with Crippen LogP contribution in [0.1, 0.15) is 5.56 Å². The molecule has 0 fully saturated rings. The highest BCUT2D eigenvalue weighted by Gasteiger charge is 2.16. The number of para-hydroxylation sites is 1. The number of rotatable bonds is 5. The van der Waals surface area contributed by atoms with Crippen LogP contribution in [0, 0.1) is 17.0 Å². The number of nitrogens with zero attached hydrogens (tertiary/aromatic N) is 2. The van der Waals surface area contributed by atoms with Gasteiger partial charge in [0.05, 0.1) is 0 Å². The quantitative estimate of drug-likeness (QED) is 0.672. The Hall–Kier alpha value is -2.96. The first-order chi connectivity index (χ1) is 10.1. The zero-order valence-electron chi connectivity index (χ0n) is 11.3. The Bertz CT molecular complexity index is 673. The number of amides is 1. The SMILES string of the molecule is Cc1ccccc1NC(=O)COc1cccnc1[N+](=O)[O-]. The highest BCUT2D eigenvalue weighted by Crippen LogP contribution is 2.22. The number of carbonyl (C=O) groups excluding carboxylic acids is 1. The van der Waals surface area contributed by atoms with Gasteiger partial charge in [0.15, 0.2) is 6.61 Å². The van der Waals surface area contributed by atoms with E-state index in [-0.39, 0.29) is 12.4 Å². The average Bonchev–Trinajstić information content (AvgIpc) is 2.48. The molecule has 0 radical (unpaired) electrons. The third-order valence-electron chi connectivity index (χ3n) is 2.70. The van der Waals surface area contributed by atoms with E-state index in [0.29, 0.717) is 5.69 Å². The molecule has 2 aromatic rings. The fraction of sp³-hybridized carbons (Fsp3) is 0.143. The molecular weight excluding hydrogens is 274 g/mol. The van der Waals surface area contributed by atoms with Crippen molar-refractivity contribution in [3.63, 3.8) is 0 Å². The predicted octanol–water partition coefficient (Wildman–Crippen LogP) is 2.32. The minimum atomic E-state index is -0.658. The van der Waals surface area contributed by atoms with Crippen LogP contribution in [0.4, 0.5) is 11.5 Å². The van der Waals surface area contributed by atoms with Crippen LogP contribution < -0.4 is 10.1 Å². The first-order valence-electron chi connectivity index (χ1n) is 6.15. The number of nitrogens with one attached hydrogen (secondary N) is 1. The number of nitro groups is 1. The predicted molar refractivity (Wildman–Crippen MR) is 76.2 cm³/mol. The van der Waals surface area contributed by atoms with Crippen molar-refractivity contribution in [2.45, 2.75) is 6.92 Å². The normalized spacial score (nSPS) is 9.95. The van der Waals surface area contributed by atoms with Gasteiger partial charge in [-0.25, -0.2) is 0 Å². The van der Waals surface area contributed by atoms with Crippen molar-refractivity contribution in [2.24, 2.45) is 0 Å². The Balaban J connectivity index is 1.99. The van der Waals surface area contributed by atoms with E-state index in [4.69, 9.17) is 4.74 Å². The summed E-state index contributed by atoms with van der Waals surface area (Å²) >= 11 is 0. The molecule has 0 aliphatic rings. The van der Waals surface area contributed by atoms with Crippen molar-refractivity contribution in [3.05, 3.63) is 58.3 Å². The molecule has 7 nitrogen and oxygen atoms in total. The summed E-state index contributed by atoms with van der Waals surface area (Å²) in [4.78, 5) is 25.5. The number of aryl methyl sites for hydroxylation is 1. The van der Waals surface area contributed by atoms with Crippen molar-refractivity contribution in [3.8, 4) is 5.75 Å². The zero-order chi connectivity index (χ0) is 15.2. The lowest BCUT2D eigenvalue weighted by atomic mass is 10.2. The second-order valence-electron chi connectivity index (χ2n) is 4.23. The van der Waals surface area contributed by atoms with Gasteiger partial charge >= 0.3 is 5.82 Å². The molecule has 1 amide bonds. The molecule has 21 heavy (non-hydrogen) atoms. The number of ether oxygens (including phenoxy) is 1. The molecule has 0 bridgehead atoms. The number of pyridine rings is 1. The number of benzene rings is 1. The lowest BCUT2D eigenvalue weighted by molar-refractivity contribution is -0.390. The van der Waals surface area contributed by atoms with Gasteiger partial charge in [0.1, 0.15) is 6.20 Å². The van der Waals surface area contributed by atoms with Gasteiger partial charge in [-0.05, 0) is 40.6 Å². The number of aromatic nitrogens is 1. The molecule has 0 atom stereocenters. The van der Waals surface area contributed by atoms with Gasteiger partial charge in [-0.2, -0.15) is 0 Å². The van der Waals surface area contributed by atoms with Gasteiger partial charge < -0.3 is 20.2 Å². The number of hydrogen-bond donors (Lipinski definition) is 1. The first-order valence-corrected chi connectivity index (χ1v) is 6.15. The molecule has 2 rings (SSSR count). The second kappa shape index (κ2) is 6.47. The molecule has 108 valence electrons. The number of anilines is 1. The third-order valence-corrected chi connectivity index (χ3v) is 2.70. The lowest BCUT2D eigenvalue weighted by Crippen LogP contribution is -2.21. The summed E-state index contributed by atoms with van der Waals surface area (Å²) in [6.45, 7) is 1.53. The van der Waals surface area contributed by atoms with Gasteiger partial charge in [-0.3, -0.25) is 4.79 Å². The van der Waals surface area contributed by atoms with Gasteiger partial charge in [-0.1, -0.05) is 18.2 Å². The number of carbonyl (C=O) groups is 1. The molecule has 0 aliphatic carbocycles. The summed E-state index contributed by atoms with van der Waals surface area (Å²) in [5.41, 5.74) is 1.59. The molecule has 0 saturated heterocycles. The molecule has 1 aromatic heterocycles. The summed E-state index contributed by atoms with van der Waals surface area (Å²) in [5, 5.41) is 13.4. The molecule has 7 heteroatoms. The van der Waals surface area contributed by atoms with Gasteiger partial charge in [-0.15, -0.1) is 0 Å². The fourth-order valence-electron chi connectivity index (χ4n) is 1.67. The maximum Gasteiger partial charge on any atom is 0.406 e. The Kier molecular flexibility index (Phi) is 4.45. The van der Waals surface area contributed by atoms with E-state index in [1.165, 1.54) is 18.3 Å². The molecule has 1 aromatic carbocycles. The Labute approximate surface area is 120 Å². The maximum atomic E-state index is 11.8. The highest BCUT2D eigenvalue weighted by molar-refractivity contribution is 5.92. The van der Waals surface area contributed by atoms with E-state index in [1.807, 2.05) is 19.1 Å². The van der Waals surface area contributed by atoms with Crippen LogP contribution >= 0.6 is 0 Å². The van der Waals surface area contributed by atoms with E-state index in [1.54, 1.807) is 12.1 Å². The monoisotopic (exact) mass is 287 g/mol. The molecule has 1 heterocycles. The van der Waals surface area contributed by atoms with Crippen LogP contribution in [0.5, 0.6) is 5.75 Å². The summed E-state index contributed by atoms with van der Waals surface area (Å²) < 4.78 is 5.16. The third kappa shape index (κ3) is 3.75. The molecule has 0 unspecified atom stereocenters. The van der Waals surface area contributed by atoms with Crippen LogP contribution in [0.15, 0.2) is 42.6 Å². The van der Waals surface area contributed by atoms with E-state index >= 15 is 0 Å². The van der Waals surface area contributed by atoms with E-state index in [9.17, 15) is 14.9 Å². The summed E-state index contributed by atoms with van der Waals surface area (Å²) in [6, 6.07) is 10.2. The van der Waals surface area contributed by atoms with Crippen LogP contribution in [0.25, 0.3) is 0 Å². The largest absolute Gasteiger partial charge is 0.476 e. The minimum Gasteiger partial charge on any atom is -0.476 e. The smallest absolute Gasteiger partial charge is 0.406 e. The molecule has 0 spiro atoms. The average molecular weight is 287 g/mol. The summed E-state index contributed by atoms with van der Waals surface area (Å²) in [5.74, 6) is -0.855. The summed E-state index contributed by atoms with van der Waals surface area (Å²) in [6.07, 6.45) is 1.29.